The van der Waals surface area contributed by atoms with E-state index in [-0.39, 0.29) is 17.4 Å². The van der Waals surface area contributed by atoms with Gasteiger partial charge in [-0.3, -0.25) is 24.7 Å². The van der Waals surface area contributed by atoms with Crippen molar-refractivity contribution in [3.63, 3.8) is 0 Å². The smallest absolute Gasteiger partial charge is 0.255 e. The SMILES string of the molecule is CC(C)CC(=O)Nc1cncc(-c2ccc3[nH]nc(-c4nc5c(NC(=O)c6cccc(F)c6)cncc5[nH]4)c3c2)c1. The maximum absolute atomic E-state index is 13.6. The molecule has 0 aliphatic heterocycles. The second-order valence-electron chi connectivity index (χ2n) is 10.1. The van der Waals surface area contributed by atoms with Crippen molar-refractivity contribution in [1.82, 2.24) is 30.1 Å². The summed E-state index contributed by atoms with van der Waals surface area (Å²) in [5, 5.41) is 14.0. The minimum Gasteiger partial charge on any atom is -0.335 e. The van der Waals surface area contributed by atoms with Crippen molar-refractivity contribution in [3.8, 4) is 22.6 Å². The number of hydrogen-bond acceptors (Lipinski definition) is 6. The molecule has 41 heavy (non-hydrogen) atoms. The second-order valence-corrected chi connectivity index (χ2v) is 10.1. The normalized spacial score (nSPS) is 11.3. The van der Waals surface area contributed by atoms with Crippen molar-refractivity contribution in [2.24, 2.45) is 5.92 Å². The first-order chi connectivity index (χ1) is 19.8. The zero-order valence-corrected chi connectivity index (χ0v) is 22.2. The number of H-pyrrole nitrogens is 2. The molecule has 10 nitrogen and oxygen atoms in total. The molecule has 6 rings (SSSR count). The molecule has 0 saturated carbocycles. The Kier molecular flexibility index (Phi) is 6.68. The fourth-order valence-corrected chi connectivity index (χ4v) is 4.58. The summed E-state index contributed by atoms with van der Waals surface area (Å²) in [5.74, 6) is -0.306. The van der Waals surface area contributed by atoms with E-state index in [2.05, 4.69) is 35.8 Å². The summed E-state index contributed by atoms with van der Waals surface area (Å²) in [4.78, 5) is 41.4. The lowest BCUT2D eigenvalue weighted by molar-refractivity contribution is -0.116. The van der Waals surface area contributed by atoms with Crippen LogP contribution in [0.5, 0.6) is 0 Å². The summed E-state index contributed by atoms with van der Waals surface area (Å²) in [6.07, 6.45) is 6.88. The minimum absolute atomic E-state index is 0.0580. The summed E-state index contributed by atoms with van der Waals surface area (Å²) in [7, 11) is 0. The average Bonchev–Trinajstić information content (AvgIpc) is 3.57. The third kappa shape index (κ3) is 5.37. The number of amides is 2. The molecule has 2 amide bonds. The van der Waals surface area contributed by atoms with Crippen molar-refractivity contribution in [1.29, 1.82) is 0 Å². The number of carbonyl (C=O) groups is 2. The predicted octanol–water partition coefficient (Wildman–Crippen LogP) is 5.94. The number of halogens is 1. The fraction of sp³-hybridized carbons (Fsp3) is 0.133. The molecule has 0 saturated heterocycles. The van der Waals surface area contributed by atoms with E-state index in [1.54, 1.807) is 18.6 Å². The Morgan fingerprint density at radius 2 is 1.78 bits per heavy atom. The van der Waals surface area contributed by atoms with Crippen LogP contribution >= 0.6 is 0 Å². The van der Waals surface area contributed by atoms with Gasteiger partial charge in [0.25, 0.3) is 5.91 Å². The molecule has 0 radical (unpaired) electrons. The van der Waals surface area contributed by atoms with Crippen LogP contribution in [0, 0.1) is 11.7 Å². The standard InChI is InChI=1S/C30H25FN8O2/c1-16(2)8-26(40)34-21-10-19(12-32-13-21)17-6-7-23-22(11-17)27(39-38-23)29-35-24-14-33-15-25(28(24)37-29)36-30(41)18-4-3-5-20(31)9-18/h3-7,9-16H,8H2,1-2H3,(H,34,40)(H,35,37)(H,36,41)(H,38,39). The van der Waals surface area contributed by atoms with E-state index in [0.29, 0.717) is 40.3 Å². The van der Waals surface area contributed by atoms with Gasteiger partial charge < -0.3 is 15.6 Å². The Bertz CT molecular complexity index is 1930. The first-order valence-corrected chi connectivity index (χ1v) is 13.0. The van der Waals surface area contributed by atoms with E-state index in [1.807, 2.05) is 38.1 Å². The quantitative estimate of drug-likeness (QED) is 0.195. The first-order valence-electron chi connectivity index (χ1n) is 13.0. The van der Waals surface area contributed by atoms with Crippen molar-refractivity contribution in [2.75, 3.05) is 10.6 Å². The molecule has 11 heteroatoms. The summed E-state index contributed by atoms with van der Waals surface area (Å²) in [5.41, 5.74) is 5.36. The van der Waals surface area contributed by atoms with Crippen molar-refractivity contribution >= 4 is 45.1 Å². The van der Waals surface area contributed by atoms with E-state index in [9.17, 15) is 14.0 Å². The molecule has 0 atom stereocenters. The van der Waals surface area contributed by atoms with Crippen LogP contribution in [0.25, 0.3) is 44.6 Å². The fourth-order valence-electron chi connectivity index (χ4n) is 4.58. The van der Waals surface area contributed by atoms with Crippen LogP contribution in [0.4, 0.5) is 15.8 Å². The Morgan fingerprint density at radius 1 is 0.927 bits per heavy atom. The highest BCUT2D eigenvalue weighted by molar-refractivity contribution is 6.08. The van der Waals surface area contributed by atoms with Crippen LogP contribution in [0.2, 0.25) is 0 Å². The van der Waals surface area contributed by atoms with Gasteiger partial charge in [0.2, 0.25) is 5.91 Å². The number of pyridine rings is 2. The zero-order valence-electron chi connectivity index (χ0n) is 22.2. The highest BCUT2D eigenvalue weighted by Crippen LogP contribution is 2.32. The molecule has 2 aromatic carbocycles. The van der Waals surface area contributed by atoms with Gasteiger partial charge in [-0.15, -0.1) is 0 Å². The lowest BCUT2D eigenvalue weighted by Crippen LogP contribution is -2.13. The predicted molar refractivity (Wildman–Crippen MR) is 155 cm³/mol. The van der Waals surface area contributed by atoms with E-state index >= 15 is 0 Å². The number of fused-ring (bicyclic) bond motifs is 2. The summed E-state index contributed by atoms with van der Waals surface area (Å²) >= 11 is 0. The number of carbonyl (C=O) groups excluding carboxylic acids is 2. The van der Waals surface area contributed by atoms with E-state index in [1.165, 1.54) is 24.4 Å². The molecule has 4 heterocycles. The average molecular weight is 549 g/mol. The van der Waals surface area contributed by atoms with Gasteiger partial charge in [-0.1, -0.05) is 26.0 Å². The van der Waals surface area contributed by atoms with Crippen LogP contribution in [0.1, 0.15) is 30.6 Å². The van der Waals surface area contributed by atoms with Gasteiger partial charge in [0.15, 0.2) is 5.82 Å². The second kappa shape index (κ2) is 10.6. The molecule has 0 fully saturated rings. The van der Waals surface area contributed by atoms with Crippen molar-refractivity contribution in [3.05, 3.63) is 84.7 Å². The molecular formula is C30H25FN8O2. The van der Waals surface area contributed by atoms with Crippen LogP contribution in [-0.2, 0) is 4.79 Å². The molecule has 4 N–H and O–H groups in total. The molecule has 6 aromatic rings. The van der Waals surface area contributed by atoms with Gasteiger partial charge in [0, 0.05) is 29.1 Å². The van der Waals surface area contributed by atoms with E-state index in [4.69, 9.17) is 4.98 Å². The van der Waals surface area contributed by atoms with Crippen LogP contribution in [-0.4, -0.2) is 41.9 Å². The number of anilines is 2. The number of rotatable bonds is 7. The van der Waals surface area contributed by atoms with Gasteiger partial charge in [0.1, 0.15) is 17.0 Å². The number of nitrogens with one attached hydrogen (secondary N) is 4. The third-order valence-electron chi connectivity index (χ3n) is 6.47. The van der Waals surface area contributed by atoms with Gasteiger partial charge in [-0.2, -0.15) is 5.10 Å². The number of nitrogens with zero attached hydrogens (tertiary/aromatic N) is 4. The minimum atomic E-state index is -0.501. The lowest BCUT2D eigenvalue weighted by atomic mass is 10.0. The molecule has 0 spiro atoms. The monoisotopic (exact) mass is 548 g/mol. The molecule has 204 valence electrons. The molecule has 0 unspecified atom stereocenters. The molecular weight excluding hydrogens is 523 g/mol. The van der Waals surface area contributed by atoms with Crippen molar-refractivity contribution < 1.29 is 14.0 Å². The maximum atomic E-state index is 13.6. The Labute approximate surface area is 233 Å². The molecule has 0 aliphatic carbocycles. The van der Waals surface area contributed by atoms with Crippen LogP contribution in [0.15, 0.2) is 73.3 Å². The number of aromatic amines is 2. The third-order valence-corrected chi connectivity index (χ3v) is 6.47. The Balaban J connectivity index is 1.32. The Hall–Kier alpha value is -5.45. The van der Waals surface area contributed by atoms with Crippen LogP contribution < -0.4 is 10.6 Å². The molecule has 0 aliphatic rings. The first kappa shape index (κ1) is 25.8. The number of aromatic nitrogens is 6. The van der Waals surface area contributed by atoms with E-state index < -0.39 is 11.7 Å². The molecule has 0 bridgehead atoms. The van der Waals surface area contributed by atoms with Gasteiger partial charge in [0.05, 0.1) is 41.0 Å². The van der Waals surface area contributed by atoms with Gasteiger partial charge in [-0.05, 0) is 47.9 Å². The summed E-state index contributed by atoms with van der Waals surface area (Å²) in [6, 6.07) is 13.2. The number of hydrogen-bond donors (Lipinski definition) is 4. The number of imidazole rings is 1. The lowest BCUT2D eigenvalue weighted by Gasteiger charge is -2.09. The summed E-state index contributed by atoms with van der Waals surface area (Å²) < 4.78 is 13.6. The van der Waals surface area contributed by atoms with Gasteiger partial charge in [-0.25, -0.2) is 9.37 Å². The largest absolute Gasteiger partial charge is 0.335 e. The zero-order chi connectivity index (χ0) is 28.5. The Morgan fingerprint density at radius 3 is 2.61 bits per heavy atom. The summed E-state index contributed by atoms with van der Waals surface area (Å²) in [6.45, 7) is 3.99. The van der Waals surface area contributed by atoms with Crippen LogP contribution in [0.3, 0.4) is 0 Å². The highest BCUT2D eigenvalue weighted by atomic mass is 19.1. The maximum Gasteiger partial charge on any atom is 0.255 e. The van der Waals surface area contributed by atoms with Crippen molar-refractivity contribution in [2.45, 2.75) is 20.3 Å². The van der Waals surface area contributed by atoms with Gasteiger partial charge >= 0.3 is 0 Å². The van der Waals surface area contributed by atoms with E-state index in [0.717, 1.165) is 28.1 Å². The molecule has 4 aromatic heterocycles. The number of benzene rings is 2. The highest BCUT2D eigenvalue weighted by Gasteiger charge is 2.17. The topological polar surface area (TPSA) is 141 Å².